The maximum atomic E-state index is 13.1. The number of amidine groups is 1. The number of carbonyl (C=O) groups is 1. The SMILES string of the molecule is CC[C@@H](C)Oc1ccccc1/C=C1\SC(=Nc2ccccc2)N(CCOC)C1=O. The molecular weight excluding hydrogens is 384 g/mol. The lowest BCUT2D eigenvalue weighted by Crippen LogP contribution is -2.32. The molecular formula is C23H26N2O3S. The molecule has 152 valence electrons. The Kier molecular flexibility index (Phi) is 7.49. The zero-order valence-corrected chi connectivity index (χ0v) is 17.8. The van der Waals surface area contributed by atoms with Gasteiger partial charge >= 0.3 is 0 Å². The van der Waals surface area contributed by atoms with Gasteiger partial charge in [-0.3, -0.25) is 9.69 Å². The van der Waals surface area contributed by atoms with E-state index in [1.807, 2.05) is 67.6 Å². The number of nitrogens with zero attached hydrogens (tertiary/aromatic N) is 2. The van der Waals surface area contributed by atoms with E-state index in [1.54, 1.807) is 12.0 Å². The van der Waals surface area contributed by atoms with Gasteiger partial charge in [0.15, 0.2) is 5.17 Å². The van der Waals surface area contributed by atoms with Crippen molar-refractivity contribution in [2.45, 2.75) is 26.4 Å². The summed E-state index contributed by atoms with van der Waals surface area (Å²) in [4.78, 5) is 20.0. The quantitative estimate of drug-likeness (QED) is 0.567. The van der Waals surface area contributed by atoms with Crippen LogP contribution >= 0.6 is 11.8 Å². The molecule has 1 aliphatic rings. The van der Waals surface area contributed by atoms with Crippen molar-refractivity contribution in [3.8, 4) is 5.75 Å². The molecule has 0 N–H and O–H groups in total. The van der Waals surface area contributed by atoms with Crippen molar-refractivity contribution in [1.29, 1.82) is 0 Å². The van der Waals surface area contributed by atoms with E-state index in [0.717, 1.165) is 23.4 Å². The van der Waals surface area contributed by atoms with E-state index < -0.39 is 0 Å². The molecule has 3 rings (SSSR count). The maximum Gasteiger partial charge on any atom is 0.266 e. The van der Waals surface area contributed by atoms with Crippen LogP contribution in [-0.2, 0) is 9.53 Å². The van der Waals surface area contributed by atoms with E-state index >= 15 is 0 Å². The summed E-state index contributed by atoms with van der Waals surface area (Å²) < 4.78 is 11.2. The number of ether oxygens (including phenoxy) is 2. The third-order valence-electron chi connectivity index (χ3n) is 4.50. The van der Waals surface area contributed by atoms with Crippen LogP contribution in [0.3, 0.4) is 0 Å². The minimum atomic E-state index is -0.0694. The highest BCUT2D eigenvalue weighted by Gasteiger charge is 2.33. The Bertz CT molecular complexity index is 896. The molecule has 1 atom stereocenters. The number of hydrogen-bond donors (Lipinski definition) is 0. The van der Waals surface area contributed by atoms with Gasteiger partial charge in [-0.25, -0.2) is 4.99 Å². The highest BCUT2D eigenvalue weighted by atomic mass is 32.2. The van der Waals surface area contributed by atoms with Crippen molar-refractivity contribution in [3.05, 3.63) is 65.1 Å². The van der Waals surface area contributed by atoms with Crippen molar-refractivity contribution in [1.82, 2.24) is 4.90 Å². The Morgan fingerprint density at radius 3 is 2.59 bits per heavy atom. The molecule has 2 aromatic carbocycles. The van der Waals surface area contributed by atoms with Crippen LogP contribution in [0.4, 0.5) is 5.69 Å². The minimum Gasteiger partial charge on any atom is -0.490 e. The normalized spacial score (nSPS) is 17.9. The molecule has 1 amide bonds. The van der Waals surface area contributed by atoms with Gasteiger partial charge in [0.1, 0.15) is 5.75 Å². The van der Waals surface area contributed by atoms with Gasteiger partial charge in [0.25, 0.3) is 5.91 Å². The molecule has 1 aliphatic heterocycles. The van der Waals surface area contributed by atoms with Crippen LogP contribution < -0.4 is 4.74 Å². The van der Waals surface area contributed by atoms with Gasteiger partial charge in [0.05, 0.1) is 29.8 Å². The van der Waals surface area contributed by atoms with E-state index in [-0.39, 0.29) is 12.0 Å². The van der Waals surface area contributed by atoms with Gasteiger partial charge in [-0.1, -0.05) is 43.3 Å². The zero-order valence-electron chi connectivity index (χ0n) is 17.0. The summed E-state index contributed by atoms with van der Waals surface area (Å²) in [6.45, 7) is 5.02. The number of aliphatic imine (C=N–C) groups is 1. The van der Waals surface area contributed by atoms with E-state index in [2.05, 4.69) is 11.9 Å². The summed E-state index contributed by atoms with van der Waals surface area (Å²) in [5.41, 5.74) is 1.70. The lowest BCUT2D eigenvalue weighted by molar-refractivity contribution is -0.122. The first-order valence-corrected chi connectivity index (χ1v) is 10.5. The summed E-state index contributed by atoms with van der Waals surface area (Å²) in [5, 5.41) is 0.657. The number of amides is 1. The number of para-hydroxylation sites is 2. The summed E-state index contributed by atoms with van der Waals surface area (Å²) in [5.74, 6) is 0.708. The van der Waals surface area contributed by atoms with Crippen LogP contribution in [0.25, 0.3) is 6.08 Å². The Balaban J connectivity index is 1.92. The highest BCUT2D eigenvalue weighted by molar-refractivity contribution is 8.18. The molecule has 5 nitrogen and oxygen atoms in total. The van der Waals surface area contributed by atoms with Gasteiger partial charge in [0, 0.05) is 12.7 Å². The van der Waals surface area contributed by atoms with Crippen LogP contribution in [0.2, 0.25) is 0 Å². The lowest BCUT2D eigenvalue weighted by Gasteiger charge is -2.15. The first kappa shape index (κ1) is 21.1. The third-order valence-corrected chi connectivity index (χ3v) is 5.50. The van der Waals surface area contributed by atoms with Crippen molar-refractivity contribution in [2.75, 3.05) is 20.3 Å². The largest absolute Gasteiger partial charge is 0.490 e. The second kappa shape index (κ2) is 10.3. The fourth-order valence-corrected chi connectivity index (χ4v) is 3.75. The molecule has 2 aromatic rings. The summed E-state index contributed by atoms with van der Waals surface area (Å²) in [6.07, 6.45) is 2.91. The molecule has 1 saturated heterocycles. The number of benzene rings is 2. The molecule has 0 bridgehead atoms. The fourth-order valence-electron chi connectivity index (χ4n) is 2.73. The van der Waals surface area contributed by atoms with Crippen molar-refractivity contribution in [2.24, 2.45) is 4.99 Å². The summed E-state index contributed by atoms with van der Waals surface area (Å²) >= 11 is 1.38. The van der Waals surface area contributed by atoms with Gasteiger partial charge in [-0.05, 0) is 49.4 Å². The molecule has 1 heterocycles. The van der Waals surface area contributed by atoms with Gasteiger partial charge in [-0.2, -0.15) is 0 Å². The lowest BCUT2D eigenvalue weighted by atomic mass is 10.1. The maximum absolute atomic E-state index is 13.1. The minimum absolute atomic E-state index is 0.0694. The van der Waals surface area contributed by atoms with E-state index in [9.17, 15) is 4.79 Å². The molecule has 0 saturated carbocycles. The Morgan fingerprint density at radius 2 is 1.86 bits per heavy atom. The van der Waals surface area contributed by atoms with Crippen LogP contribution in [0.5, 0.6) is 5.75 Å². The van der Waals surface area contributed by atoms with E-state index in [4.69, 9.17) is 9.47 Å². The Labute approximate surface area is 176 Å². The molecule has 0 aliphatic carbocycles. The molecule has 0 aromatic heterocycles. The highest BCUT2D eigenvalue weighted by Crippen LogP contribution is 2.35. The second-order valence-corrected chi connectivity index (χ2v) is 7.67. The van der Waals surface area contributed by atoms with Gasteiger partial charge in [-0.15, -0.1) is 0 Å². The molecule has 6 heteroatoms. The Hall–Kier alpha value is -2.57. The van der Waals surface area contributed by atoms with E-state index in [1.165, 1.54) is 11.8 Å². The summed E-state index contributed by atoms with van der Waals surface area (Å²) in [7, 11) is 1.63. The first-order valence-electron chi connectivity index (χ1n) is 9.72. The first-order chi connectivity index (χ1) is 14.1. The molecule has 29 heavy (non-hydrogen) atoms. The predicted molar refractivity (Wildman–Crippen MR) is 120 cm³/mol. The number of rotatable bonds is 8. The predicted octanol–water partition coefficient (Wildman–Crippen LogP) is 5.11. The average molecular weight is 411 g/mol. The van der Waals surface area contributed by atoms with Crippen LogP contribution in [0.15, 0.2) is 64.5 Å². The molecule has 0 unspecified atom stereocenters. The average Bonchev–Trinajstić information content (AvgIpc) is 3.02. The fraction of sp³-hybridized carbons (Fsp3) is 0.304. The number of thioether (sulfide) groups is 1. The van der Waals surface area contributed by atoms with Crippen LogP contribution in [0.1, 0.15) is 25.8 Å². The van der Waals surface area contributed by atoms with Crippen LogP contribution in [-0.4, -0.2) is 42.3 Å². The summed E-state index contributed by atoms with van der Waals surface area (Å²) in [6, 6.07) is 17.4. The molecule has 1 fully saturated rings. The second-order valence-electron chi connectivity index (χ2n) is 6.66. The third kappa shape index (κ3) is 5.49. The topological polar surface area (TPSA) is 51.1 Å². The number of carbonyl (C=O) groups excluding carboxylic acids is 1. The Morgan fingerprint density at radius 1 is 1.14 bits per heavy atom. The molecule has 0 spiro atoms. The zero-order chi connectivity index (χ0) is 20.6. The van der Waals surface area contributed by atoms with E-state index in [0.29, 0.717) is 23.2 Å². The van der Waals surface area contributed by atoms with Crippen LogP contribution in [0, 0.1) is 0 Å². The van der Waals surface area contributed by atoms with Gasteiger partial charge in [0.2, 0.25) is 0 Å². The van der Waals surface area contributed by atoms with Crippen molar-refractivity contribution in [3.63, 3.8) is 0 Å². The number of hydrogen-bond acceptors (Lipinski definition) is 5. The monoisotopic (exact) mass is 410 g/mol. The van der Waals surface area contributed by atoms with Crippen molar-refractivity contribution < 1.29 is 14.3 Å². The molecule has 0 radical (unpaired) electrons. The van der Waals surface area contributed by atoms with Crippen molar-refractivity contribution >= 4 is 34.6 Å². The standard InChI is InChI=1S/C23H26N2O3S/c1-4-17(2)28-20-13-9-8-10-18(20)16-21-22(26)25(14-15-27-3)23(29-21)24-19-11-6-5-7-12-19/h5-13,16-17H,4,14-15H2,1-3H3/b21-16-,24-23?/t17-/m1/s1. The smallest absolute Gasteiger partial charge is 0.266 e. The number of methoxy groups -OCH3 is 1. The van der Waals surface area contributed by atoms with Gasteiger partial charge < -0.3 is 9.47 Å².